The summed E-state index contributed by atoms with van der Waals surface area (Å²) in [7, 11) is -1.95. The van der Waals surface area contributed by atoms with Gasteiger partial charge in [0, 0.05) is 7.11 Å². The smallest absolute Gasteiger partial charge is 0.290 e. The Morgan fingerprint density at radius 1 is 0.786 bits per heavy atom. The van der Waals surface area contributed by atoms with Crippen LogP contribution in [-0.4, -0.2) is 19.8 Å². The van der Waals surface area contributed by atoms with Crippen molar-refractivity contribution in [2.45, 2.75) is 129 Å². The molecule has 0 N–H and O–H groups in total. The fourth-order valence-electron chi connectivity index (χ4n) is 4.03. The second-order valence-electron chi connectivity index (χ2n) is 8.61. The molecule has 0 saturated heterocycles. The molecular weight excluding hydrogens is 371 g/mol. The Morgan fingerprint density at radius 3 is 1.71 bits per heavy atom. The molecule has 0 aromatic rings. The minimum absolute atomic E-state index is 0.0159. The van der Waals surface area contributed by atoms with Gasteiger partial charge in [-0.05, 0) is 25.2 Å². The molecule has 3 atom stereocenters. The Bertz CT molecular complexity index is 402. The maximum absolute atomic E-state index is 12.6. The number of hydrogen-bond donors (Lipinski definition) is 0. The molecule has 1 saturated carbocycles. The number of unbranched alkanes of at least 4 members (excludes halogenated alkanes) is 13. The van der Waals surface area contributed by atoms with E-state index in [1.165, 1.54) is 84.2 Å². The van der Waals surface area contributed by atoms with Gasteiger partial charge in [0.2, 0.25) is 0 Å². The highest BCUT2D eigenvalue weighted by molar-refractivity contribution is 7.48. The van der Waals surface area contributed by atoms with E-state index in [1.807, 2.05) is 0 Å². The maximum atomic E-state index is 12.6. The molecule has 0 radical (unpaired) electrons. The van der Waals surface area contributed by atoms with Crippen LogP contribution in [0, 0.1) is 5.92 Å². The van der Waals surface area contributed by atoms with Gasteiger partial charge in [0.25, 0.3) is 0 Å². The molecule has 1 aliphatic carbocycles. The van der Waals surface area contributed by atoms with Gasteiger partial charge in [0.15, 0.2) is 0 Å². The van der Waals surface area contributed by atoms with Gasteiger partial charge in [-0.15, -0.1) is 0 Å². The van der Waals surface area contributed by atoms with Crippen molar-refractivity contribution in [3.63, 3.8) is 0 Å². The molecule has 0 amide bonds. The van der Waals surface area contributed by atoms with Gasteiger partial charge in [-0.2, -0.15) is 0 Å². The van der Waals surface area contributed by atoms with E-state index in [9.17, 15) is 4.57 Å². The SMILES string of the molecule is CCCCCCCCCCCCCCCCOP(=O)(OC)O[C@H]1CCC[C@@H]1C. The van der Waals surface area contributed by atoms with Crippen molar-refractivity contribution >= 4 is 7.82 Å². The topological polar surface area (TPSA) is 44.8 Å². The van der Waals surface area contributed by atoms with Crippen molar-refractivity contribution in [1.82, 2.24) is 0 Å². The van der Waals surface area contributed by atoms with Crippen molar-refractivity contribution in [1.29, 1.82) is 0 Å². The Kier molecular flexibility index (Phi) is 15.7. The van der Waals surface area contributed by atoms with E-state index >= 15 is 0 Å². The zero-order valence-electron chi connectivity index (χ0n) is 19.0. The third-order valence-corrected chi connectivity index (χ3v) is 7.49. The third kappa shape index (κ3) is 12.6. The largest absolute Gasteiger partial charge is 0.474 e. The lowest BCUT2D eigenvalue weighted by molar-refractivity contribution is 0.0750. The van der Waals surface area contributed by atoms with E-state index in [4.69, 9.17) is 13.6 Å². The van der Waals surface area contributed by atoms with Crippen LogP contribution in [0.2, 0.25) is 0 Å². The quantitative estimate of drug-likeness (QED) is 0.156. The average molecular weight is 419 g/mol. The zero-order valence-corrected chi connectivity index (χ0v) is 19.9. The molecular formula is C23H47O4P. The highest BCUT2D eigenvalue weighted by atomic mass is 31.2. The van der Waals surface area contributed by atoms with E-state index in [2.05, 4.69) is 13.8 Å². The van der Waals surface area contributed by atoms with Crippen molar-refractivity contribution in [2.75, 3.05) is 13.7 Å². The lowest BCUT2D eigenvalue weighted by atomic mass is 10.0. The zero-order chi connectivity index (χ0) is 20.5. The van der Waals surface area contributed by atoms with Gasteiger partial charge in [-0.3, -0.25) is 13.6 Å². The molecule has 0 spiro atoms. The first kappa shape index (κ1) is 26.1. The van der Waals surface area contributed by atoms with E-state index < -0.39 is 7.82 Å². The van der Waals surface area contributed by atoms with E-state index in [0.717, 1.165) is 32.1 Å². The molecule has 5 heteroatoms. The van der Waals surface area contributed by atoms with Gasteiger partial charge in [0.05, 0.1) is 12.7 Å². The molecule has 0 heterocycles. The minimum Gasteiger partial charge on any atom is -0.290 e. The normalized spacial score (nSPS) is 21.8. The van der Waals surface area contributed by atoms with Crippen LogP contribution < -0.4 is 0 Å². The second kappa shape index (κ2) is 16.9. The Labute approximate surface area is 175 Å². The van der Waals surface area contributed by atoms with Crippen LogP contribution in [0.15, 0.2) is 0 Å². The molecule has 1 rings (SSSR count). The second-order valence-corrected chi connectivity index (χ2v) is 10.3. The van der Waals surface area contributed by atoms with Crippen LogP contribution in [0.4, 0.5) is 0 Å². The molecule has 0 bridgehead atoms. The fourth-order valence-corrected chi connectivity index (χ4v) is 5.28. The lowest BCUT2D eigenvalue weighted by Gasteiger charge is -2.22. The number of rotatable bonds is 19. The highest BCUT2D eigenvalue weighted by Crippen LogP contribution is 2.52. The van der Waals surface area contributed by atoms with Crippen LogP contribution in [0.3, 0.4) is 0 Å². The fraction of sp³-hybridized carbons (Fsp3) is 1.00. The Balaban J connectivity index is 1.89. The molecule has 0 aliphatic heterocycles. The van der Waals surface area contributed by atoms with Crippen molar-refractivity contribution in [3.05, 3.63) is 0 Å². The van der Waals surface area contributed by atoms with E-state index in [0.29, 0.717) is 12.5 Å². The maximum Gasteiger partial charge on any atom is 0.474 e. The van der Waals surface area contributed by atoms with Crippen LogP contribution >= 0.6 is 7.82 Å². The van der Waals surface area contributed by atoms with Crippen LogP contribution in [0.25, 0.3) is 0 Å². The summed E-state index contributed by atoms with van der Waals surface area (Å²) in [6.07, 6.45) is 21.8. The molecule has 0 aromatic carbocycles. The summed E-state index contributed by atoms with van der Waals surface area (Å²) in [6, 6.07) is 0. The molecule has 28 heavy (non-hydrogen) atoms. The summed E-state index contributed by atoms with van der Waals surface area (Å²) in [6.45, 7) is 4.88. The summed E-state index contributed by atoms with van der Waals surface area (Å²) in [4.78, 5) is 0. The predicted octanol–water partition coefficient (Wildman–Crippen LogP) is 8.44. The molecule has 1 aliphatic rings. The highest BCUT2D eigenvalue weighted by Gasteiger charge is 2.34. The van der Waals surface area contributed by atoms with Gasteiger partial charge < -0.3 is 0 Å². The van der Waals surface area contributed by atoms with Crippen LogP contribution in [-0.2, 0) is 18.1 Å². The van der Waals surface area contributed by atoms with E-state index in [-0.39, 0.29) is 6.10 Å². The summed E-state index contributed by atoms with van der Waals surface area (Å²) in [5.74, 6) is 0.438. The standard InChI is InChI=1S/C23H47O4P/c1-4-5-6-7-8-9-10-11-12-13-14-15-16-17-21-26-28(24,25-3)27-23-20-18-19-22(23)2/h22-23H,4-21H2,1-3H3/t22-,23-,28?/m0/s1. The molecule has 4 nitrogen and oxygen atoms in total. The van der Waals surface area contributed by atoms with Crippen molar-refractivity contribution in [3.8, 4) is 0 Å². The first-order valence-corrected chi connectivity index (χ1v) is 13.6. The van der Waals surface area contributed by atoms with Gasteiger partial charge in [-0.1, -0.05) is 104 Å². The Hall–Kier alpha value is 0.110. The molecule has 168 valence electrons. The molecule has 1 fully saturated rings. The summed E-state index contributed by atoms with van der Waals surface area (Å²) >= 11 is 0. The van der Waals surface area contributed by atoms with Gasteiger partial charge in [0.1, 0.15) is 0 Å². The average Bonchev–Trinajstić information content (AvgIpc) is 3.09. The number of hydrogen-bond acceptors (Lipinski definition) is 4. The van der Waals surface area contributed by atoms with Crippen LogP contribution in [0.1, 0.15) is 123 Å². The number of phosphoric ester groups is 1. The molecule has 1 unspecified atom stereocenters. The summed E-state index contributed by atoms with van der Waals surface area (Å²) in [5.41, 5.74) is 0. The predicted molar refractivity (Wildman–Crippen MR) is 119 cm³/mol. The molecule has 0 aromatic heterocycles. The van der Waals surface area contributed by atoms with Crippen molar-refractivity contribution in [2.24, 2.45) is 5.92 Å². The van der Waals surface area contributed by atoms with Crippen LogP contribution in [0.5, 0.6) is 0 Å². The van der Waals surface area contributed by atoms with Crippen molar-refractivity contribution < 1.29 is 18.1 Å². The third-order valence-electron chi connectivity index (χ3n) is 6.02. The van der Waals surface area contributed by atoms with Gasteiger partial charge in [-0.25, -0.2) is 4.57 Å². The lowest BCUT2D eigenvalue weighted by Crippen LogP contribution is -2.15. The summed E-state index contributed by atoms with van der Waals surface area (Å²) < 4.78 is 28.8. The first-order valence-electron chi connectivity index (χ1n) is 12.1. The Morgan fingerprint density at radius 2 is 1.29 bits per heavy atom. The minimum atomic E-state index is -3.37. The summed E-state index contributed by atoms with van der Waals surface area (Å²) in [5, 5.41) is 0. The van der Waals surface area contributed by atoms with Gasteiger partial charge >= 0.3 is 7.82 Å². The first-order chi connectivity index (χ1) is 13.6. The monoisotopic (exact) mass is 418 g/mol. The van der Waals surface area contributed by atoms with E-state index in [1.54, 1.807) is 0 Å². The number of phosphoric acid groups is 1.